The molecule has 1 aliphatic heterocycles. The number of likely N-dealkylation sites (tertiary alicyclic amines) is 1. The van der Waals surface area contributed by atoms with Gasteiger partial charge in [0.2, 0.25) is 0 Å². The number of nitrogens with zero attached hydrogens (tertiary/aromatic N) is 5. The van der Waals surface area contributed by atoms with Crippen molar-refractivity contribution in [1.82, 2.24) is 29.7 Å². The van der Waals surface area contributed by atoms with Gasteiger partial charge in [-0.05, 0) is 32.6 Å². The molecule has 2 amide bonds. The molecule has 0 aliphatic carbocycles. The van der Waals surface area contributed by atoms with E-state index in [0.29, 0.717) is 19.6 Å². The number of aromatic nitrogens is 4. The number of aryl methyl sites for hydroxylation is 2. The molecule has 1 N–H and O–H groups in total. The first kappa shape index (κ1) is 18.0. The molecule has 0 unspecified atom stereocenters. The molecular weight excluding hydrogens is 332 g/mol. The molecule has 0 atom stereocenters. The Morgan fingerprint density at radius 3 is 2.46 bits per heavy atom. The summed E-state index contributed by atoms with van der Waals surface area (Å²) in [6.07, 6.45) is 10.4. The van der Waals surface area contributed by atoms with E-state index in [4.69, 9.17) is 0 Å². The normalized spacial score (nSPS) is 14.3. The van der Waals surface area contributed by atoms with Crippen LogP contribution in [0.15, 0.2) is 24.8 Å². The molecule has 1 aliphatic rings. The van der Waals surface area contributed by atoms with Crippen molar-refractivity contribution in [3.8, 4) is 0 Å². The predicted octanol–water partition coefficient (Wildman–Crippen LogP) is 1.43. The Morgan fingerprint density at radius 1 is 1.04 bits per heavy atom. The molecule has 1 fully saturated rings. The van der Waals surface area contributed by atoms with Gasteiger partial charge in [0.15, 0.2) is 11.4 Å². The van der Waals surface area contributed by atoms with Gasteiger partial charge in [0.1, 0.15) is 5.82 Å². The smallest absolute Gasteiger partial charge is 0.274 e. The summed E-state index contributed by atoms with van der Waals surface area (Å²) in [5.41, 5.74) is 0.235. The Labute approximate surface area is 152 Å². The molecule has 0 bridgehead atoms. The Hall–Kier alpha value is -2.77. The Morgan fingerprint density at radius 2 is 1.77 bits per heavy atom. The van der Waals surface area contributed by atoms with E-state index in [0.717, 1.165) is 38.1 Å². The number of hydrogen-bond acceptors (Lipinski definition) is 5. The SMILES string of the molecule is Cc1nccn1CCCNC(=O)c1nccnc1C(=O)N1CCCCC1. The van der Waals surface area contributed by atoms with Crippen LogP contribution in [0.4, 0.5) is 0 Å². The number of imidazole rings is 1. The maximum atomic E-state index is 12.7. The van der Waals surface area contributed by atoms with E-state index in [2.05, 4.69) is 20.3 Å². The third kappa shape index (κ3) is 4.25. The Bertz CT molecular complexity index is 767. The standard InChI is InChI=1S/C18H24N6O2/c1-14-19-9-13-23(14)12-5-6-22-17(25)15-16(21-8-7-20-15)18(26)24-10-3-2-4-11-24/h7-9,13H,2-6,10-12H2,1H3,(H,22,25). The van der Waals surface area contributed by atoms with E-state index in [1.54, 1.807) is 11.1 Å². The van der Waals surface area contributed by atoms with E-state index < -0.39 is 0 Å². The van der Waals surface area contributed by atoms with Gasteiger partial charge in [-0.2, -0.15) is 0 Å². The van der Waals surface area contributed by atoms with Gasteiger partial charge >= 0.3 is 0 Å². The molecule has 8 heteroatoms. The second-order valence-electron chi connectivity index (χ2n) is 6.38. The molecule has 8 nitrogen and oxygen atoms in total. The average Bonchev–Trinajstić information content (AvgIpc) is 3.10. The monoisotopic (exact) mass is 356 g/mol. The summed E-state index contributed by atoms with van der Waals surface area (Å²) >= 11 is 0. The first-order chi connectivity index (χ1) is 12.7. The molecule has 0 radical (unpaired) electrons. The third-order valence-corrected chi connectivity index (χ3v) is 4.54. The maximum absolute atomic E-state index is 12.7. The fourth-order valence-corrected chi connectivity index (χ4v) is 3.08. The second-order valence-corrected chi connectivity index (χ2v) is 6.38. The first-order valence-corrected chi connectivity index (χ1v) is 9.03. The van der Waals surface area contributed by atoms with Crippen LogP contribution in [0, 0.1) is 6.92 Å². The second kappa shape index (κ2) is 8.55. The topological polar surface area (TPSA) is 93.0 Å². The van der Waals surface area contributed by atoms with E-state index in [1.165, 1.54) is 12.4 Å². The fraction of sp³-hybridized carbons (Fsp3) is 0.500. The minimum atomic E-state index is -0.360. The molecule has 3 rings (SSSR count). The van der Waals surface area contributed by atoms with E-state index in [9.17, 15) is 9.59 Å². The van der Waals surface area contributed by atoms with Gasteiger partial charge in [-0.25, -0.2) is 15.0 Å². The van der Waals surface area contributed by atoms with E-state index >= 15 is 0 Å². The maximum Gasteiger partial charge on any atom is 0.274 e. The van der Waals surface area contributed by atoms with Gasteiger partial charge in [0, 0.05) is 51.0 Å². The van der Waals surface area contributed by atoms with E-state index in [-0.39, 0.29) is 23.2 Å². The van der Waals surface area contributed by atoms with Gasteiger partial charge in [0.05, 0.1) is 0 Å². The lowest BCUT2D eigenvalue weighted by atomic mass is 10.1. The summed E-state index contributed by atoms with van der Waals surface area (Å²) in [4.78, 5) is 39.3. The molecule has 1 saturated heterocycles. The van der Waals surface area contributed by atoms with Crippen LogP contribution in [-0.4, -0.2) is 55.9 Å². The van der Waals surface area contributed by atoms with Crippen LogP contribution in [0.25, 0.3) is 0 Å². The summed E-state index contributed by atoms with van der Waals surface area (Å²) in [6, 6.07) is 0. The highest BCUT2D eigenvalue weighted by atomic mass is 16.2. The van der Waals surface area contributed by atoms with Gasteiger partial charge in [-0.1, -0.05) is 0 Å². The number of amides is 2. The quantitative estimate of drug-likeness (QED) is 0.790. The van der Waals surface area contributed by atoms with Crippen molar-refractivity contribution in [2.24, 2.45) is 0 Å². The Kier molecular flexibility index (Phi) is 5.93. The number of carbonyl (C=O) groups excluding carboxylic acids is 2. The zero-order chi connectivity index (χ0) is 18.4. The molecule has 2 aromatic rings. The van der Waals surface area contributed by atoms with Crippen molar-refractivity contribution in [3.63, 3.8) is 0 Å². The number of rotatable bonds is 6. The third-order valence-electron chi connectivity index (χ3n) is 4.54. The summed E-state index contributed by atoms with van der Waals surface area (Å²) < 4.78 is 2.03. The number of nitrogens with one attached hydrogen (secondary N) is 1. The molecule has 138 valence electrons. The van der Waals surface area contributed by atoms with Crippen molar-refractivity contribution < 1.29 is 9.59 Å². The summed E-state index contributed by atoms with van der Waals surface area (Å²) in [6.45, 7) is 4.62. The lowest BCUT2D eigenvalue weighted by molar-refractivity contribution is 0.0711. The molecule has 0 aromatic carbocycles. The van der Waals surface area contributed by atoms with Crippen LogP contribution in [0.3, 0.4) is 0 Å². The first-order valence-electron chi connectivity index (χ1n) is 9.03. The van der Waals surface area contributed by atoms with Crippen LogP contribution in [0.1, 0.15) is 52.5 Å². The van der Waals surface area contributed by atoms with Crippen LogP contribution >= 0.6 is 0 Å². The zero-order valence-corrected chi connectivity index (χ0v) is 15.0. The van der Waals surface area contributed by atoms with Crippen LogP contribution < -0.4 is 5.32 Å². The number of piperidine rings is 1. The van der Waals surface area contributed by atoms with Gasteiger partial charge < -0.3 is 14.8 Å². The highest BCUT2D eigenvalue weighted by molar-refractivity contribution is 6.04. The van der Waals surface area contributed by atoms with Crippen LogP contribution in [0.2, 0.25) is 0 Å². The summed E-state index contributed by atoms with van der Waals surface area (Å²) in [5, 5.41) is 2.83. The summed E-state index contributed by atoms with van der Waals surface area (Å²) in [7, 11) is 0. The number of hydrogen-bond donors (Lipinski definition) is 1. The van der Waals surface area contributed by atoms with Gasteiger partial charge in [0.25, 0.3) is 11.8 Å². The van der Waals surface area contributed by atoms with Gasteiger partial charge in [-0.15, -0.1) is 0 Å². The molecule has 26 heavy (non-hydrogen) atoms. The van der Waals surface area contributed by atoms with Crippen molar-refractivity contribution in [3.05, 3.63) is 42.0 Å². The number of carbonyl (C=O) groups is 2. The lowest BCUT2D eigenvalue weighted by Crippen LogP contribution is -2.38. The summed E-state index contributed by atoms with van der Waals surface area (Å²) in [5.74, 6) is 0.373. The molecule has 0 spiro atoms. The highest BCUT2D eigenvalue weighted by Crippen LogP contribution is 2.13. The molecule has 2 aromatic heterocycles. The predicted molar refractivity (Wildman–Crippen MR) is 95.7 cm³/mol. The molecular formula is C18H24N6O2. The minimum Gasteiger partial charge on any atom is -0.351 e. The van der Waals surface area contributed by atoms with Crippen molar-refractivity contribution in [1.29, 1.82) is 0 Å². The highest BCUT2D eigenvalue weighted by Gasteiger charge is 2.25. The van der Waals surface area contributed by atoms with E-state index in [1.807, 2.05) is 17.7 Å². The molecule has 3 heterocycles. The minimum absolute atomic E-state index is 0.0990. The molecule has 0 saturated carbocycles. The van der Waals surface area contributed by atoms with Gasteiger partial charge in [-0.3, -0.25) is 9.59 Å². The lowest BCUT2D eigenvalue weighted by Gasteiger charge is -2.26. The van der Waals surface area contributed by atoms with Crippen LogP contribution in [0.5, 0.6) is 0 Å². The fourth-order valence-electron chi connectivity index (χ4n) is 3.08. The average molecular weight is 356 g/mol. The van der Waals surface area contributed by atoms with Crippen molar-refractivity contribution in [2.75, 3.05) is 19.6 Å². The van der Waals surface area contributed by atoms with Crippen LogP contribution in [-0.2, 0) is 6.54 Å². The van der Waals surface area contributed by atoms with Crippen molar-refractivity contribution in [2.45, 2.75) is 39.2 Å². The Balaban J connectivity index is 1.58. The zero-order valence-electron chi connectivity index (χ0n) is 15.0. The largest absolute Gasteiger partial charge is 0.351 e. The van der Waals surface area contributed by atoms with Crippen molar-refractivity contribution >= 4 is 11.8 Å².